The first-order valence-electron chi connectivity index (χ1n) is 6.59. The van der Waals surface area contributed by atoms with E-state index in [-0.39, 0.29) is 5.57 Å². The number of nitrogens with one attached hydrogen (secondary N) is 2. The smallest absolute Gasteiger partial charge is 0.267 e. The van der Waals surface area contributed by atoms with Crippen molar-refractivity contribution >= 4 is 33.2 Å². The van der Waals surface area contributed by atoms with Crippen molar-refractivity contribution in [3.05, 3.63) is 70.3 Å². The number of halogens is 1. The van der Waals surface area contributed by atoms with Crippen LogP contribution in [0.4, 0.5) is 11.4 Å². The molecular weight excluding hydrogens is 342 g/mol. The van der Waals surface area contributed by atoms with Crippen LogP contribution in [0.15, 0.2) is 64.8 Å². The molecular formula is C17H14BrN3O. The van der Waals surface area contributed by atoms with Gasteiger partial charge in [0.05, 0.1) is 5.69 Å². The van der Waals surface area contributed by atoms with E-state index in [4.69, 9.17) is 5.26 Å². The van der Waals surface area contributed by atoms with Crippen molar-refractivity contribution < 1.29 is 4.79 Å². The molecule has 0 saturated carbocycles. The number of hydrogen-bond acceptors (Lipinski definition) is 3. The second-order valence-corrected chi connectivity index (χ2v) is 5.47. The maximum absolute atomic E-state index is 12.1. The zero-order valence-electron chi connectivity index (χ0n) is 11.9. The van der Waals surface area contributed by atoms with Crippen LogP contribution >= 0.6 is 15.9 Å². The Morgan fingerprint density at radius 1 is 1.23 bits per heavy atom. The van der Waals surface area contributed by atoms with E-state index in [2.05, 4.69) is 26.6 Å². The molecule has 5 heteroatoms. The van der Waals surface area contributed by atoms with Gasteiger partial charge in [0.2, 0.25) is 0 Å². The van der Waals surface area contributed by atoms with Gasteiger partial charge in [0.15, 0.2) is 0 Å². The van der Waals surface area contributed by atoms with Gasteiger partial charge in [-0.15, -0.1) is 0 Å². The number of benzene rings is 2. The summed E-state index contributed by atoms with van der Waals surface area (Å²) in [6.07, 6.45) is 1.40. The zero-order chi connectivity index (χ0) is 15.9. The van der Waals surface area contributed by atoms with E-state index < -0.39 is 5.91 Å². The van der Waals surface area contributed by atoms with E-state index in [0.29, 0.717) is 5.69 Å². The highest BCUT2D eigenvalue weighted by Crippen LogP contribution is 2.23. The molecule has 110 valence electrons. The monoisotopic (exact) mass is 355 g/mol. The van der Waals surface area contributed by atoms with Crippen LogP contribution < -0.4 is 10.6 Å². The summed E-state index contributed by atoms with van der Waals surface area (Å²) in [6, 6.07) is 16.7. The molecule has 0 atom stereocenters. The number of aryl methyl sites for hydroxylation is 1. The van der Waals surface area contributed by atoms with Crippen LogP contribution in [-0.4, -0.2) is 5.91 Å². The predicted molar refractivity (Wildman–Crippen MR) is 91.3 cm³/mol. The van der Waals surface area contributed by atoms with E-state index in [1.54, 1.807) is 12.1 Å². The van der Waals surface area contributed by atoms with Crippen molar-refractivity contribution in [2.24, 2.45) is 0 Å². The van der Waals surface area contributed by atoms with Gasteiger partial charge in [-0.1, -0.05) is 24.3 Å². The van der Waals surface area contributed by atoms with Crippen LogP contribution in [0.3, 0.4) is 0 Å². The average Bonchev–Trinajstić information content (AvgIpc) is 2.50. The van der Waals surface area contributed by atoms with E-state index >= 15 is 0 Å². The minimum atomic E-state index is -0.454. The second-order valence-electron chi connectivity index (χ2n) is 4.62. The molecule has 4 nitrogen and oxygen atoms in total. The number of para-hydroxylation sites is 1. The predicted octanol–water partition coefficient (Wildman–Crippen LogP) is 4.22. The highest BCUT2D eigenvalue weighted by molar-refractivity contribution is 9.10. The third-order valence-electron chi connectivity index (χ3n) is 2.89. The van der Waals surface area contributed by atoms with Crippen molar-refractivity contribution in [3.63, 3.8) is 0 Å². The lowest BCUT2D eigenvalue weighted by molar-refractivity contribution is -0.112. The molecule has 0 aliphatic heterocycles. The number of nitrogens with zero attached hydrogens (tertiary/aromatic N) is 1. The molecule has 0 saturated heterocycles. The van der Waals surface area contributed by atoms with Crippen LogP contribution in [0, 0.1) is 18.3 Å². The third-order valence-corrected chi connectivity index (χ3v) is 3.55. The molecule has 0 radical (unpaired) electrons. The highest BCUT2D eigenvalue weighted by Gasteiger charge is 2.09. The SMILES string of the molecule is Cc1ccc(NC=C(C#N)C(=O)Nc2ccccc2)c(Br)c1. The van der Waals surface area contributed by atoms with Crippen LogP contribution in [0.25, 0.3) is 0 Å². The van der Waals surface area contributed by atoms with Crippen molar-refractivity contribution in [3.8, 4) is 6.07 Å². The Balaban J connectivity index is 2.10. The van der Waals surface area contributed by atoms with Gasteiger partial charge in [0.25, 0.3) is 5.91 Å². The summed E-state index contributed by atoms with van der Waals surface area (Å²) in [5.74, 6) is -0.454. The van der Waals surface area contributed by atoms with Gasteiger partial charge >= 0.3 is 0 Å². The van der Waals surface area contributed by atoms with Crippen molar-refractivity contribution in [1.82, 2.24) is 0 Å². The van der Waals surface area contributed by atoms with Crippen molar-refractivity contribution in [1.29, 1.82) is 5.26 Å². The number of nitriles is 1. The Labute approximate surface area is 137 Å². The van der Waals surface area contributed by atoms with Gasteiger partial charge in [-0.2, -0.15) is 5.26 Å². The van der Waals surface area contributed by atoms with Crippen LogP contribution in [-0.2, 0) is 4.79 Å². The van der Waals surface area contributed by atoms with Crippen molar-refractivity contribution in [2.45, 2.75) is 6.92 Å². The molecule has 1 amide bonds. The van der Waals surface area contributed by atoms with Gasteiger partial charge < -0.3 is 10.6 Å². The Morgan fingerprint density at radius 2 is 1.95 bits per heavy atom. The molecule has 0 spiro atoms. The average molecular weight is 356 g/mol. The quantitative estimate of drug-likeness (QED) is 0.637. The number of anilines is 2. The Bertz CT molecular complexity index is 748. The Kier molecular flexibility index (Phi) is 5.34. The molecule has 2 rings (SSSR count). The summed E-state index contributed by atoms with van der Waals surface area (Å²) in [7, 11) is 0. The molecule has 0 heterocycles. The van der Waals surface area contributed by atoms with E-state index in [9.17, 15) is 4.79 Å². The summed E-state index contributed by atoms with van der Waals surface area (Å²) in [6.45, 7) is 1.98. The minimum absolute atomic E-state index is 0.00340. The Hall–Kier alpha value is -2.58. The highest BCUT2D eigenvalue weighted by atomic mass is 79.9. The molecule has 0 aromatic heterocycles. The molecule has 22 heavy (non-hydrogen) atoms. The number of carbonyl (C=O) groups is 1. The minimum Gasteiger partial charge on any atom is -0.359 e. The van der Waals surface area contributed by atoms with E-state index in [0.717, 1.165) is 15.7 Å². The van der Waals surface area contributed by atoms with Crippen molar-refractivity contribution in [2.75, 3.05) is 10.6 Å². The fourth-order valence-electron chi connectivity index (χ4n) is 1.76. The maximum Gasteiger partial charge on any atom is 0.267 e. The molecule has 0 aliphatic rings. The lowest BCUT2D eigenvalue weighted by Gasteiger charge is -2.07. The summed E-state index contributed by atoms with van der Waals surface area (Å²) < 4.78 is 0.865. The first-order chi connectivity index (χ1) is 10.6. The Morgan fingerprint density at radius 3 is 2.59 bits per heavy atom. The summed E-state index contributed by atoms with van der Waals surface area (Å²) in [4.78, 5) is 12.1. The van der Waals surface area contributed by atoms with E-state index in [1.165, 1.54) is 6.20 Å². The van der Waals surface area contributed by atoms with Gasteiger partial charge in [-0.05, 0) is 52.7 Å². The number of carbonyl (C=O) groups excluding carboxylic acids is 1. The molecule has 0 fully saturated rings. The first kappa shape index (κ1) is 15.8. The van der Waals surface area contributed by atoms with Crippen LogP contribution in [0.5, 0.6) is 0 Å². The van der Waals surface area contributed by atoms with E-state index in [1.807, 2.05) is 49.4 Å². The van der Waals surface area contributed by atoms with Gasteiger partial charge in [0.1, 0.15) is 11.6 Å². The fourth-order valence-corrected chi connectivity index (χ4v) is 2.36. The molecule has 2 aromatic rings. The topological polar surface area (TPSA) is 64.9 Å². The van der Waals surface area contributed by atoms with Gasteiger partial charge in [-0.25, -0.2) is 0 Å². The number of hydrogen-bond donors (Lipinski definition) is 2. The summed E-state index contributed by atoms with van der Waals surface area (Å²) in [5.41, 5.74) is 2.54. The lowest BCUT2D eigenvalue weighted by atomic mass is 10.2. The lowest BCUT2D eigenvalue weighted by Crippen LogP contribution is -2.14. The normalized spacial score (nSPS) is 10.7. The molecule has 2 aromatic carbocycles. The largest absolute Gasteiger partial charge is 0.359 e. The third kappa shape index (κ3) is 4.21. The molecule has 0 aliphatic carbocycles. The van der Waals surface area contributed by atoms with Crippen LogP contribution in [0.2, 0.25) is 0 Å². The zero-order valence-corrected chi connectivity index (χ0v) is 13.5. The maximum atomic E-state index is 12.1. The molecule has 0 bridgehead atoms. The molecule has 2 N–H and O–H groups in total. The van der Waals surface area contributed by atoms with Crippen LogP contribution in [0.1, 0.15) is 5.56 Å². The fraction of sp³-hybridized carbons (Fsp3) is 0.0588. The van der Waals surface area contributed by atoms with Gasteiger partial charge in [0, 0.05) is 16.4 Å². The number of amides is 1. The molecule has 0 unspecified atom stereocenters. The number of rotatable bonds is 4. The second kappa shape index (κ2) is 7.43. The standard InChI is InChI=1S/C17H14BrN3O/c1-12-7-8-16(15(18)9-12)20-11-13(10-19)17(22)21-14-5-3-2-4-6-14/h2-9,11,20H,1H3,(H,21,22). The summed E-state index contributed by atoms with van der Waals surface area (Å²) >= 11 is 3.43. The van der Waals surface area contributed by atoms with Gasteiger partial charge in [-0.3, -0.25) is 4.79 Å². The first-order valence-corrected chi connectivity index (χ1v) is 7.39. The summed E-state index contributed by atoms with van der Waals surface area (Å²) in [5, 5.41) is 14.8.